The fourth-order valence-electron chi connectivity index (χ4n) is 2.81. The molecule has 4 nitrogen and oxygen atoms in total. The molecule has 116 valence electrons. The van der Waals surface area contributed by atoms with Gasteiger partial charge in [-0.15, -0.1) is 0 Å². The third-order valence-corrected chi connectivity index (χ3v) is 5.64. The number of nitro groups is 1. The highest BCUT2D eigenvalue weighted by Crippen LogP contribution is 2.39. The molecule has 1 aromatic rings. The first-order valence-electron chi connectivity index (χ1n) is 7.24. The first-order valence-corrected chi connectivity index (χ1v) is 8.67. The number of thiol groups is 1. The molecule has 0 aliphatic heterocycles. The van der Waals surface area contributed by atoms with Crippen LogP contribution in [0.2, 0.25) is 0 Å². The molecule has 0 spiro atoms. The van der Waals surface area contributed by atoms with Crippen molar-refractivity contribution >= 4 is 34.2 Å². The molecule has 21 heavy (non-hydrogen) atoms. The van der Waals surface area contributed by atoms with Crippen molar-refractivity contribution < 1.29 is 9.66 Å². The van der Waals surface area contributed by atoms with Crippen LogP contribution in [0.15, 0.2) is 22.7 Å². The summed E-state index contributed by atoms with van der Waals surface area (Å²) in [5.41, 5.74) is 0.122. The molecule has 1 aromatic carbocycles. The summed E-state index contributed by atoms with van der Waals surface area (Å²) in [5.74, 6) is 1.33. The van der Waals surface area contributed by atoms with Gasteiger partial charge in [0.05, 0.1) is 11.5 Å². The number of benzene rings is 1. The summed E-state index contributed by atoms with van der Waals surface area (Å²) in [6.07, 6.45) is 7.19. The molecule has 1 fully saturated rings. The molecule has 0 aromatic heterocycles. The molecular weight excluding hydrogens is 354 g/mol. The summed E-state index contributed by atoms with van der Waals surface area (Å²) in [5, 5.41) is 11.0. The number of nitrogens with zero attached hydrogens (tertiary/aromatic N) is 1. The second-order valence-corrected chi connectivity index (χ2v) is 6.82. The van der Waals surface area contributed by atoms with Crippen molar-refractivity contribution in [2.45, 2.75) is 38.5 Å². The van der Waals surface area contributed by atoms with Gasteiger partial charge in [-0.05, 0) is 40.6 Å². The van der Waals surface area contributed by atoms with Crippen LogP contribution in [0, 0.1) is 15.5 Å². The standard InChI is InChI=1S/C15H20BrNO3S/c16-14-12(17(18)19)6-5-7-13(14)20-10-15(11-21)8-3-1-2-4-9-15/h5-7,21H,1-4,8-11H2. The maximum Gasteiger partial charge on any atom is 0.287 e. The molecule has 1 saturated carbocycles. The Bertz CT molecular complexity index is 502. The van der Waals surface area contributed by atoms with E-state index in [-0.39, 0.29) is 11.1 Å². The summed E-state index contributed by atoms with van der Waals surface area (Å²) in [6.45, 7) is 0.566. The number of hydrogen-bond acceptors (Lipinski definition) is 4. The molecule has 1 aliphatic carbocycles. The van der Waals surface area contributed by atoms with Crippen molar-refractivity contribution in [3.05, 3.63) is 32.8 Å². The van der Waals surface area contributed by atoms with E-state index in [1.54, 1.807) is 12.1 Å². The Balaban J connectivity index is 2.11. The number of nitro benzene ring substituents is 1. The summed E-state index contributed by atoms with van der Waals surface area (Å²) >= 11 is 7.80. The van der Waals surface area contributed by atoms with E-state index in [4.69, 9.17) is 4.74 Å². The second-order valence-electron chi connectivity index (χ2n) is 5.71. The normalized spacial score (nSPS) is 18.0. The van der Waals surface area contributed by atoms with Crippen LogP contribution in [0.5, 0.6) is 5.75 Å². The monoisotopic (exact) mass is 373 g/mol. The summed E-state index contributed by atoms with van der Waals surface area (Å²) in [7, 11) is 0. The Kier molecular flexibility index (Phi) is 5.93. The highest BCUT2D eigenvalue weighted by molar-refractivity contribution is 9.10. The Morgan fingerprint density at radius 1 is 1.29 bits per heavy atom. The molecule has 6 heteroatoms. The Hall–Kier alpha value is -0.750. The van der Waals surface area contributed by atoms with Gasteiger partial charge in [0.2, 0.25) is 0 Å². The van der Waals surface area contributed by atoms with Crippen LogP contribution in [0.3, 0.4) is 0 Å². The third kappa shape index (κ3) is 4.13. The lowest BCUT2D eigenvalue weighted by Gasteiger charge is -2.31. The van der Waals surface area contributed by atoms with Crippen molar-refractivity contribution in [3.63, 3.8) is 0 Å². The van der Waals surface area contributed by atoms with Gasteiger partial charge in [-0.25, -0.2) is 0 Å². The molecule has 0 bridgehead atoms. The highest BCUT2D eigenvalue weighted by Gasteiger charge is 2.31. The quantitative estimate of drug-likeness (QED) is 0.341. The molecule has 0 saturated heterocycles. The predicted octanol–water partition coefficient (Wildman–Crippen LogP) is 5.01. The zero-order valence-corrected chi connectivity index (χ0v) is 14.4. The minimum atomic E-state index is -0.406. The van der Waals surface area contributed by atoms with Gasteiger partial charge in [0.15, 0.2) is 0 Å². The summed E-state index contributed by atoms with van der Waals surface area (Å²) < 4.78 is 6.33. The molecule has 2 rings (SSSR count). The predicted molar refractivity (Wildman–Crippen MR) is 90.3 cm³/mol. The fraction of sp³-hybridized carbons (Fsp3) is 0.600. The van der Waals surface area contributed by atoms with E-state index in [0.717, 1.165) is 18.6 Å². The average Bonchev–Trinajstić information content (AvgIpc) is 2.72. The SMILES string of the molecule is O=[N+]([O-])c1cccc(OCC2(CS)CCCCCC2)c1Br. The van der Waals surface area contributed by atoms with E-state index < -0.39 is 4.92 Å². The fourth-order valence-corrected chi connectivity index (χ4v) is 3.74. The number of halogens is 1. The first kappa shape index (κ1) is 16.6. The van der Waals surface area contributed by atoms with Crippen molar-refractivity contribution in [2.75, 3.05) is 12.4 Å². The van der Waals surface area contributed by atoms with Gasteiger partial charge in [-0.2, -0.15) is 12.6 Å². The van der Waals surface area contributed by atoms with Gasteiger partial charge in [-0.3, -0.25) is 10.1 Å². The van der Waals surface area contributed by atoms with Crippen LogP contribution in [-0.2, 0) is 0 Å². The van der Waals surface area contributed by atoms with Crippen LogP contribution < -0.4 is 4.74 Å². The highest BCUT2D eigenvalue weighted by atomic mass is 79.9. The lowest BCUT2D eigenvalue weighted by atomic mass is 9.83. The van der Waals surface area contributed by atoms with Gasteiger partial charge in [-0.1, -0.05) is 31.7 Å². The molecule has 0 unspecified atom stereocenters. The summed E-state index contributed by atoms with van der Waals surface area (Å²) in [4.78, 5) is 10.5. The van der Waals surface area contributed by atoms with Crippen LogP contribution in [0.25, 0.3) is 0 Å². The average molecular weight is 374 g/mol. The second kappa shape index (κ2) is 7.49. The zero-order valence-electron chi connectivity index (χ0n) is 11.9. The van der Waals surface area contributed by atoms with E-state index in [1.165, 1.54) is 31.7 Å². The Labute approximate surface area is 138 Å². The largest absolute Gasteiger partial charge is 0.492 e. The molecule has 0 heterocycles. The van der Waals surface area contributed by atoms with Crippen molar-refractivity contribution in [1.29, 1.82) is 0 Å². The van der Waals surface area contributed by atoms with Crippen molar-refractivity contribution in [1.82, 2.24) is 0 Å². The van der Waals surface area contributed by atoms with E-state index >= 15 is 0 Å². The molecule has 0 atom stereocenters. The van der Waals surface area contributed by atoms with Crippen molar-refractivity contribution in [3.8, 4) is 5.75 Å². The van der Waals surface area contributed by atoms with Gasteiger partial charge in [0.1, 0.15) is 10.2 Å². The van der Waals surface area contributed by atoms with Crippen LogP contribution >= 0.6 is 28.6 Å². The first-order chi connectivity index (χ1) is 10.1. The van der Waals surface area contributed by atoms with Gasteiger partial charge in [0, 0.05) is 11.5 Å². The Morgan fingerprint density at radius 3 is 2.52 bits per heavy atom. The number of ether oxygens (including phenoxy) is 1. The van der Waals surface area contributed by atoms with E-state index in [1.807, 2.05) is 0 Å². The van der Waals surface area contributed by atoms with E-state index in [2.05, 4.69) is 28.6 Å². The number of hydrogen-bond donors (Lipinski definition) is 1. The van der Waals surface area contributed by atoms with E-state index in [0.29, 0.717) is 16.8 Å². The third-order valence-electron chi connectivity index (χ3n) is 4.17. The van der Waals surface area contributed by atoms with E-state index in [9.17, 15) is 10.1 Å². The van der Waals surface area contributed by atoms with Crippen molar-refractivity contribution in [2.24, 2.45) is 5.41 Å². The maximum absolute atomic E-state index is 11.0. The molecule has 0 amide bonds. The molecular formula is C15H20BrNO3S. The smallest absolute Gasteiger partial charge is 0.287 e. The van der Waals surface area contributed by atoms with Crippen LogP contribution in [0.4, 0.5) is 5.69 Å². The molecule has 1 aliphatic rings. The molecule has 0 N–H and O–H groups in total. The Morgan fingerprint density at radius 2 is 1.95 bits per heavy atom. The maximum atomic E-state index is 11.0. The molecule has 0 radical (unpaired) electrons. The van der Waals surface area contributed by atoms with Gasteiger partial charge < -0.3 is 4.74 Å². The lowest BCUT2D eigenvalue weighted by molar-refractivity contribution is -0.385. The lowest BCUT2D eigenvalue weighted by Crippen LogP contribution is -2.30. The zero-order chi connectivity index (χ0) is 15.3. The van der Waals surface area contributed by atoms with Crippen LogP contribution in [0.1, 0.15) is 38.5 Å². The topological polar surface area (TPSA) is 52.4 Å². The summed E-state index contributed by atoms with van der Waals surface area (Å²) in [6, 6.07) is 4.88. The van der Waals surface area contributed by atoms with Gasteiger partial charge >= 0.3 is 0 Å². The number of rotatable bonds is 5. The minimum absolute atomic E-state index is 0.0355. The van der Waals surface area contributed by atoms with Crippen LogP contribution in [-0.4, -0.2) is 17.3 Å². The van der Waals surface area contributed by atoms with Gasteiger partial charge in [0.25, 0.3) is 5.69 Å². The minimum Gasteiger partial charge on any atom is -0.492 e.